The van der Waals surface area contributed by atoms with E-state index in [-0.39, 0.29) is 29.7 Å². The first-order valence-corrected chi connectivity index (χ1v) is 12.9. The first-order valence-electron chi connectivity index (χ1n) is 12.9. The van der Waals surface area contributed by atoms with Gasteiger partial charge in [-0.1, -0.05) is 69.0 Å². The lowest BCUT2D eigenvalue weighted by Gasteiger charge is -2.52. The standard InChI is InChI=1S/C30H39NO5/c1-18-10-9-13-23-27(33)20(3)19(2)26-24(16-22-11-7-6-8-12-22)31-28(34)30(23,26)25(36-21(4)32)14-15-29(5,35)17-18/h6-9,11-15,18-19,23-27,33,35H,3,10,16-17H2,1-2,4-5H3,(H,31,34)/b13-9-,15-14?/t18-,19+,23-,24-,25+,26-,27+,29-,30+/m0/s1. The van der Waals surface area contributed by atoms with Crippen molar-refractivity contribution in [2.45, 2.75) is 70.8 Å². The van der Waals surface area contributed by atoms with Crippen LogP contribution in [0.4, 0.5) is 0 Å². The Morgan fingerprint density at radius 2 is 1.92 bits per heavy atom. The highest BCUT2D eigenvalue weighted by atomic mass is 16.5. The number of ether oxygens (including phenoxy) is 1. The number of nitrogens with one attached hydrogen (secondary N) is 1. The van der Waals surface area contributed by atoms with Crippen molar-refractivity contribution < 1.29 is 24.5 Å². The van der Waals surface area contributed by atoms with Gasteiger partial charge in [-0.3, -0.25) is 9.59 Å². The molecule has 0 bridgehead atoms. The number of hydrogen-bond acceptors (Lipinski definition) is 5. The molecule has 4 rings (SSSR count). The summed E-state index contributed by atoms with van der Waals surface area (Å²) < 4.78 is 5.89. The van der Waals surface area contributed by atoms with Crippen molar-refractivity contribution in [3.05, 3.63) is 72.4 Å². The van der Waals surface area contributed by atoms with Gasteiger partial charge in [0, 0.05) is 24.8 Å². The second kappa shape index (κ2) is 9.98. The zero-order valence-corrected chi connectivity index (χ0v) is 21.7. The molecule has 1 saturated heterocycles. The van der Waals surface area contributed by atoms with Crippen molar-refractivity contribution >= 4 is 11.9 Å². The maximum atomic E-state index is 14.2. The Morgan fingerprint density at radius 3 is 2.58 bits per heavy atom. The SMILES string of the molecule is C=C1[C@@H](C)[C@H]2[C@H](Cc3ccccc3)NC(=O)[C@]23[C@H](OC(C)=O)C=C[C@](C)(O)C[C@@H](C)C/C=C\[C@H]3[C@@H]1O. The lowest BCUT2D eigenvalue weighted by Crippen LogP contribution is -2.60. The van der Waals surface area contributed by atoms with Gasteiger partial charge in [-0.2, -0.15) is 0 Å². The van der Waals surface area contributed by atoms with Gasteiger partial charge in [0.15, 0.2) is 0 Å². The summed E-state index contributed by atoms with van der Waals surface area (Å²) in [7, 11) is 0. The Kier molecular flexibility index (Phi) is 7.31. The van der Waals surface area contributed by atoms with E-state index in [1.165, 1.54) is 6.92 Å². The fourth-order valence-corrected chi connectivity index (χ4v) is 6.90. The third-order valence-electron chi connectivity index (χ3n) is 8.43. The molecule has 1 saturated carbocycles. The molecule has 1 aliphatic heterocycles. The van der Waals surface area contributed by atoms with Gasteiger partial charge >= 0.3 is 5.97 Å². The molecule has 2 fully saturated rings. The molecular formula is C30H39NO5. The molecule has 0 unspecified atom stereocenters. The van der Waals surface area contributed by atoms with Gasteiger partial charge in [-0.05, 0) is 55.2 Å². The van der Waals surface area contributed by atoms with Crippen LogP contribution >= 0.6 is 0 Å². The van der Waals surface area contributed by atoms with E-state index in [0.717, 1.165) is 5.56 Å². The molecule has 1 heterocycles. The Hall–Kier alpha value is -2.70. The molecule has 1 aromatic carbocycles. The number of hydrogen-bond donors (Lipinski definition) is 3. The van der Waals surface area contributed by atoms with Crippen LogP contribution in [0, 0.1) is 29.1 Å². The Morgan fingerprint density at radius 1 is 1.22 bits per heavy atom. The number of carbonyl (C=O) groups excluding carboxylic acids is 2. The smallest absolute Gasteiger partial charge is 0.303 e. The van der Waals surface area contributed by atoms with Crippen LogP contribution < -0.4 is 5.32 Å². The minimum absolute atomic E-state index is 0.170. The van der Waals surface area contributed by atoms with Crippen LogP contribution in [0.25, 0.3) is 0 Å². The van der Waals surface area contributed by atoms with E-state index in [0.29, 0.717) is 24.8 Å². The summed E-state index contributed by atoms with van der Waals surface area (Å²) in [4.78, 5) is 26.5. The van der Waals surface area contributed by atoms with Crippen molar-refractivity contribution in [1.29, 1.82) is 0 Å². The summed E-state index contributed by atoms with van der Waals surface area (Å²) in [5, 5.41) is 25.8. The van der Waals surface area contributed by atoms with Crippen LogP contribution in [-0.4, -0.2) is 45.9 Å². The molecule has 9 atom stereocenters. The van der Waals surface area contributed by atoms with E-state index in [2.05, 4.69) is 18.8 Å². The summed E-state index contributed by atoms with van der Waals surface area (Å²) in [5.74, 6) is -1.75. The number of amides is 1. The molecule has 6 nitrogen and oxygen atoms in total. The van der Waals surface area contributed by atoms with Crippen LogP contribution in [0.2, 0.25) is 0 Å². The van der Waals surface area contributed by atoms with Crippen LogP contribution in [0.1, 0.15) is 46.1 Å². The van der Waals surface area contributed by atoms with Gasteiger partial charge in [-0.15, -0.1) is 0 Å². The number of esters is 1. The summed E-state index contributed by atoms with van der Waals surface area (Å²) in [6.45, 7) is 11.3. The minimum Gasteiger partial charge on any atom is -0.457 e. The van der Waals surface area contributed by atoms with Crippen molar-refractivity contribution in [3.63, 3.8) is 0 Å². The third-order valence-corrected chi connectivity index (χ3v) is 8.43. The summed E-state index contributed by atoms with van der Waals surface area (Å²) in [6.07, 6.45) is 7.09. The summed E-state index contributed by atoms with van der Waals surface area (Å²) in [6, 6.07) is 9.73. The summed E-state index contributed by atoms with van der Waals surface area (Å²) in [5.41, 5.74) is -0.635. The lowest BCUT2D eigenvalue weighted by atomic mass is 9.51. The van der Waals surface area contributed by atoms with E-state index < -0.39 is 35.1 Å². The van der Waals surface area contributed by atoms with Gasteiger partial charge in [0.05, 0.1) is 11.7 Å². The summed E-state index contributed by atoms with van der Waals surface area (Å²) >= 11 is 0. The van der Waals surface area contributed by atoms with Crippen LogP contribution in [0.3, 0.4) is 0 Å². The number of aliphatic hydroxyl groups is 2. The van der Waals surface area contributed by atoms with Gasteiger partial charge in [-0.25, -0.2) is 0 Å². The zero-order chi connectivity index (χ0) is 26.3. The van der Waals surface area contributed by atoms with E-state index in [1.807, 2.05) is 49.4 Å². The number of rotatable bonds is 3. The molecular weight excluding hydrogens is 454 g/mol. The first-order chi connectivity index (χ1) is 17.0. The fraction of sp³-hybridized carbons (Fsp3) is 0.533. The van der Waals surface area contributed by atoms with Crippen LogP contribution in [0.5, 0.6) is 0 Å². The molecule has 3 N–H and O–H groups in total. The first kappa shape index (κ1) is 26.4. The highest BCUT2D eigenvalue weighted by molar-refractivity contribution is 5.89. The second-order valence-corrected chi connectivity index (χ2v) is 11.3. The Balaban J connectivity index is 1.92. The molecule has 2 aliphatic carbocycles. The molecule has 1 amide bonds. The minimum atomic E-state index is -1.26. The van der Waals surface area contributed by atoms with Gasteiger partial charge in [0.25, 0.3) is 0 Å². The Bertz CT molecular complexity index is 1060. The quantitative estimate of drug-likeness (QED) is 0.440. The van der Waals surface area contributed by atoms with Crippen LogP contribution in [-0.2, 0) is 20.7 Å². The van der Waals surface area contributed by atoms with Crippen molar-refractivity contribution in [3.8, 4) is 0 Å². The van der Waals surface area contributed by atoms with Crippen molar-refractivity contribution in [2.24, 2.45) is 29.1 Å². The maximum Gasteiger partial charge on any atom is 0.303 e. The van der Waals surface area contributed by atoms with Gasteiger partial charge < -0.3 is 20.3 Å². The van der Waals surface area contributed by atoms with E-state index >= 15 is 0 Å². The largest absolute Gasteiger partial charge is 0.457 e. The van der Waals surface area contributed by atoms with Crippen molar-refractivity contribution in [2.75, 3.05) is 0 Å². The molecule has 36 heavy (non-hydrogen) atoms. The third kappa shape index (κ3) is 4.69. The Labute approximate surface area is 214 Å². The van der Waals surface area contributed by atoms with Crippen LogP contribution in [0.15, 0.2) is 66.8 Å². The van der Waals surface area contributed by atoms with Gasteiger partial charge in [0.2, 0.25) is 5.91 Å². The maximum absolute atomic E-state index is 14.2. The molecule has 3 aliphatic rings. The lowest BCUT2D eigenvalue weighted by molar-refractivity contribution is -0.166. The molecule has 0 radical (unpaired) electrons. The highest BCUT2D eigenvalue weighted by Crippen LogP contribution is 2.58. The molecule has 194 valence electrons. The van der Waals surface area contributed by atoms with E-state index in [9.17, 15) is 19.8 Å². The molecule has 0 aromatic heterocycles. The zero-order valence-electron chi connectivity index (χ0n) is 21.7. The van der Waals surface area contributed by atoms with Gasteiger partial charge in [0.1, 0.15) is 11.5 Å². The number of carbonyl (C=O) groups is 2. The molecule has 1 spiro atoms. The average Bonchev–Trinajstić information content (AvgIpc) is 3.08. The fourth-order valence-electron chi connectivity index (χ4n) is 6.90. The monoisotopic (exact) mass is 493 g/mol. The number of benzene rings is 1. The molecule has 6 heteroatoms. The molecule has 1 aromatic rings. The van der Waals surface area contributed by atoms with Crippen molar-refractivity contribution in [1.82, 2.24) is 5.32 Å². The predicted molar refractivity (Wildman–Crippen MR) is 139 cm³/mol. The number of aliphatic hydroxyl groups excluding tert-OH is 1. The number of allylic oxidation sites excluding steroid dienone is 1. The second-order valence-electron chi connectivity index (χ2n) is 11.3. The van der Waals surface area contributed by atoms with E-state index in [4.69, 9.17) is 4.74 Å². The topological polar surface area (TPSA) is 95.9 Å². The predicted octanol–water partition coefficient (Wildman–Crippen LogP) is 3.74. The highest BCUT2D eigenvalue weighted by Gasteiger charge is 2.68. The normalized spacial score (nSPS) is 41.4. The van der Waals surface area contributed by atoms with E-state index in [1.54, 1.807) is 19.1 Å². The average molecular weight is 494 g/mol.